The Bertz CT molecular complexity index is 232. The highest BCUT2D eigenvalue weighted by Gasteiger charge is 1.96. The molecule has 0 aliphatic heterocycles. The van der Waals surface area contributed by atoms with Crippen LogP contribution in [0, 0.1) is 0 Å². The van der Waals surface area contributed by atoms with Crippen molar-refractivity contribution in [2.75, 3.05) is 13.1 Å². The molecule has 13 heavy (non-hydrogen) atoms. The van der Waals surface area contributed by atoms with Crippen molar-refractivity contribution >= 4 is 0 Å². The zero-order valence-electron chi connectivity index (χ0n) is 8.03. The van der Waals surface area contributed by atoms with Crippen LogP contribution in [0.3, 0.4) is 0 Å². The van der Waals surface area contributed by atoms with Gasteiger partial charge in [0.25, 0.3) is 0 Å². The molecule has 0 spiro atoms. The zero-order chi connectivity index (χ0) is 9.52. The second kappa shape index (κ2) is 5.66. The van der Waals surface area contributed by atoms with Crippen molar-refractivity contribution in [2.24, 2.45) is 5.73 Å². The summed E-state index contributed by atoms with van der Waals surface area (Å²) in [7, 11) is 0. The monoisotopic (exact) mass is 183 g/mol. The molecule has 0 aromatic carbocycles. The summed E-state index contributed by atoms with van der Waals surface area (Å²) in [6.07, 6.45) is 3.04. The van der Waals surface area contributed by atoms with Gasteiger partial charge in [0, 0.05) is 19.3 Å². The van der Waals surface area contributed by atoms with Crippen molar-refractivity contribution in [3.63, 3.8) is 0 Å². The van der Waals surface area contributed by atoms with Gasteiger partial charge in [0.05, 0.1) is 12.2 Å². The van der Waals surface area contributed by atoms with Crippen LogP contribution in [0.25, 0.3) is 0 Å². The molecule has 0 radical (unpaired) electrons. The first kappa shape index (κ1) is 10.1. The lowest BCUT2D eigenvalue weighted by atomic mass is 10.4. The van der Waals surface area contributed by atoms with Crippen LogP contribution in [0.15, 0.2) is 6.20 Å². The quantitative estimate of drug-likeness (QED) is 0.596. The van der Waals surface area contributed by atoms with Crippen molar-refractivity contribution in [1.82, 2.24) is 20.3 Å². The Morgan fingerprint density at radius 3 is 3.00 bits per heavy atom. The summed E-state index contributed by atoms with van der Waals surface area (Å²) < 4.78 is 1.81. The molecule has 0 atom stereocenters. The van der Waals surface area contributed by atoms with Crippen LogP contribution < -0.4 is 11.1 Å². The number of nitrogens with one attached hydrogen (secondary N) is 1. The fourth-order valence-corrected chi connectivity index (χ4v) is 1.04. The van der Waals surface area contributed by atoms with Gasteiger partial charge in [-0.05, 0) is 13.0 Å². The smallest absolute Gasteiger partial charge is 0.0962 e. The van der Waals surface area contributed by atoms with E-state index in [2.05, 4.69) is 22.6 Å². The first-order valence-corrected chi connectivity index (χ1v) is 4.66. The van der Waals surface area contributed by atoms with E-state index in [9.17, 15) is 0 Å². The van der Waals surface area contributed by atoms with Crippen LogP contribution >= 0.6 is 0 Å². The summed E-state index contributed by atoms with van der Waals surface area (Å²) >= 11 is 0. The molecule has 74 valence electrons. The Morgan fingerprint density at radius 1 is 1.54 bits per heavy atom. The molecule has 0 amide bonds. The molecule has 0 unspecified atom stereocenters. The van der Waals surface area contributed by atoms with Gasteiger partial charge in [0.2, 0.25) is 0 Å². The zero-order valence-corrected chi connectivity index (χ0v) is 8.03. The maximum Gasteiger partial charge on any atom is 0.0962 e. The molecule has 1 rings (SSSR count). The van der Waals surface area contributed by atoms with E-state index in [0.29, 0.717) is 6.54 Å². The lowest BCUT2D eigenvalue weighted by Gasteiger charge is -2.01. The minimum atomic E-state index is 0.461. The van der Waals surface area contributed by atoms with Crippen molar-refractivity contribution in [1.29, 1.82) is 0 Å². The van der Waals surface area contributed by atoms with E-state index in [4.69, 9.17) is 5.73 Å². The molecule has 0 bridgehead atoms. The normalized spacial score (nSPS) is 10.6. The minimum Gasteiger partial charge on any atom is -0.325 e. The topological polar surface area (TPSA) is 68.8 Å². The minimum absolute atomic E-state index is 0.461. The van der Waals surface area contributed by atoms with Gasteiger partial charge in [0.1, 0.15) is 0 Å². The van der Waals surface area contributed by atoms with Gasteiger partial charge in [-0.2, -0.15) is 0 Å². The summed E-state index contributed by atoms with van der Waals surface area (Å²) in [6, 6.07) is 0. The highest BCUT2D eigenvalue weighted by molar-refractivity contribution is 4.90. The number of rotatable bonds is 6. The molecule has 0 fully saturated rings. The Kier molecular flexibility index (Phi) is 4.42. The summed E-state index contributed by atoms with van der Waals surface area (Å²) in [5.74, 6) is 0. The van der Waals surface area contributed by atoms with Crippen LogP contribution in [-0.4, -0.2) is 28.1 Å². The van der Waals surface area contributed by atoms with Gasteiger partial charge in [-0.25, -0.2) is 0 Å². The average Bonchev–Trinajstić information content (AvgIpc) is 2.60. The Balaban J connectivity index is 2.20. The fourth-order valence-electron chi connectivity index (χ4n) is 1.04. The van der Waals surface area contributed by atoms with E-state index < -0.39 is 0 Å². The van der Waals surface area contributed by atoms with Crippen LogP contribution in [0.4, 0.5) is 0 Å². The van der Waals surface area contributed by atoms with Crippen molar-refractivity contribution < 1.29 is 0 Å². The average molecular weight is 183 g/mol. The lowest BCUT2D eigenvalue weighted by Crippen LogP contribution is -2.20. The van der Waals surface area contributed by atoms with Crippen LogP contribution in [0.2, 0.25) is 0 Å². The maximum atomic E-state index is 5.41. The molecule has 0 saturated carbocycles. The first-order chi connectivity index (χ1) is 6.36. The first-order valence-electron chi connectivity index (χ1n) is 4.66. The van der Waals surface area contributed by atoms with Gasteiger partial charge in [0.15, 0.2) is 0 Å². The molecule has 0 aliphatic rings. The third kappa shape index (κ3) is 3.52. The molecular formula is C8H17N5. The van der Waals surface area contributed by atoms with Gasteiger partial charge in [-0.3, -0.25) is 4.68 Å². The highest BCUT2D eigenvalue weighted by Crippen LogP contribution is 1.89. The number of aromatic nitrogens is 3. The van der Waals surface area contributed by atoms with E-state index in [0.717, 1.165) is 31.7 Å². The van der Waals surface area contributed by atoms with Gasteiger partial charge in [-0.1, -0.05) is 12.1 Å². The predicted octanol–water partition coefficient (Wildman–Crippen LogP) is -0.264. The summed E-state index contributed by atoms with van der Waals surface area (Å²) in [5, 5.41) is 11.1. The Morgan fingerprint density at radius 2 is 2.38 bits per heavy atom. The second-order valence-corrected chi connectivity index (χ2v) is 2.93. The third-order valence-electron chi connectivity index (χ3n) is 1.74. The summed E-state index contributed by atoms with van der Waals surface area (Å²) in [4.78, 5) is 0. The summed E-state index contributed by atoms with van der Waals surface area (Å²) in [6.45, 7) is 5.45. The molecule has 0 saturated heterocycles. The molecule has 5 heteroatoms. The Hall–Kier alpha value is -0.940. The molecule has 1 heterocycles. The molecular weight excluding hydrogens is 166 g/mol. The van der Waals surface area contributed by atoms with E-state index in [1.54, 1.807) is 0 Å². The van der Waals surface area contributed by atoms with Crippen molar-refractivity contribution in [2.45, 2.75) is 26.4 Å². The number of nitrogens with two attached hydrogens (primary N) is 1. The SMILES string of the molecule is CCCNCCn1cc(CN)nn1. The number of hydrogen-bond donors (Lipinski definition) is 2. The van der Waals surface area contributed by atoms with E-state index in [1.165, 1.54) is 0 Å². The van der Waals surface area contributed by atoms with E-state index in [-0.39, 0.29) is 0 Å². The van der Waals surface area contributed by atoms with Crippen molar-refractivity contribution in [3.05, 3.63) is 11.9 Å². The lowest BCUT2D eigenvalue weighted by molar-refractivity contribution is 0.539. The number of nitrogens with zero attached hydrogens (tertiary/aromatic N) is 3. The highest BCUT2D eigenvalue weighted by atomic mass is 15.4. The summed E-state index contributed by atoms with van der Waals surface area (Å²) in [5.41, 5.74) is 6.25. The molecule has 0 aliphatic carbocycles. The maximum absolute atomic E-state index is 5.41. The van der Waals surface area contributed by atoms with Gasteiger partial charge < -0.3 is 11.1 Å². The molecule has 1 aromatic rings. The van der Waals surface area contributed by atoms with Crippen LogP contribution in [0.1, 0.15) is 19.0 Å². The van der Waals surface area contributed by atoms with Crippen LogP contribution in [0.5, 0.6) is 0 Å². The molecule has 3 N–H and O–H groups in total. The number of hydrogen-bond acceptors (Lipinski definition) is 4. The second-order valence-electron chi connectivity index (χ2n) is 2.93. The largest absolute Gasteiger partial charge is 0.325 e. The predicted molar refractivity (Wildman–Crippen MR) is 51.1 cm³/mol. The third-order valence-corrected chi connectivity index (χ3v) is 1.74. The van der Waals surface area contributed by atoms with Gasteiger partial charge >= 0.3 is 0 Å². The molecule has 5 nitrogen and oxygen atoms in total. The fraction of sp³-hybridized carbons (Fsp3) is 0.750. The van der Waals surface area contributed by atoms with Gasteiger partial charge in [-0.15, -0.1) is 5.10 Å². The van der Waals surface area contributed by atoms with Crippen molar-refractivity contribution in [3.8, 4) is 0 Å². The van der Waals surface area contributed by atoms with E-state index in [1.807, 2.05) is 10.9 Å². The van der Waals surface area contributed by atoms with Crippen LogP contribution in [-0.2, 0) is 13.1 Å². The standard InChI is InChI=1S/C8H17N5/c1-2-3-10-4-5-13-7-8(6-9)11-12-13/h7,10H,2-6,9H2,1H3. The molecule has 1 aromatic heterocycles. The Labute approximate surface area is 78.3 Å². The van der Waals surface area contributed by atoms with E-state index >= 15 is 0 Å².